The minimum absolute atomic E-state index is 0. The van der Waals surface area contributed by atoms with Gasteiger partial charge in [-0.15, -0.1) is 12.4 Å². The van der Waals surface area contributed by atoms with Gasteiger partial charge in [0.25, 0.3) is 0 Å². The molecule has 0 bridgehead atoms. The van der Waals surface area contributed by atoms with Gasteiger partial charge in [-0.3, -0.25) is 9.69 Å². The predicted molar refractivity (Wildman–Crippen MR) is 153 cm³/mol. The van der Waals surface area contributed by atoms with Gasteiger partial charge in [-0.05, 0) is 56.8 Å². The summed E-state index contributed by atoms with van der Waals surface area (Å²) in [6.07, 6.45) is 0.129. The van der Waals surface area contributed by atoms with E-state index in [9.17, 15) is 13.2 Å². The van der Waals surface area contributed by atoms with E-state index < -0.39 is 15.1 Å². The van der Waals surface area contributed by atoms with Crippen molar-refractivity contribution >= 4 is 54.8 Å². The van der Waals surface area contributed by atoms with E-state index in [4.69, 9.17) is 14.5 Å². The summed E-state index contributed by atoms with van der Waals surface area (Å²) in [6, 6.07) is 10.2. The number of aromatic nitrogens is 1. The Morgan fingerprint density at radius 2 is 1.57 bits per heavy atom. The number of thiazole rings is 1. The molecule has 0 atom stereocenters. The first-order valence-electron chi connectivity index (χ1n) is 12.0. The first kappa shape index (κ1) is 30.8. The maximum Gasteiger partial charge on any atom is 0.233 e. The lowest BCUT2D eigenvalue weighted by atomic mass is 10.1. The number of sulfone groups is 1. The van der Waals surface area contributed by atoms with Crippen molar-refractivity contribution in [3.8, 4) is 11.5 Å². The summed E-state index contributed by atoms with van der Waals surface area (Å²) in [4.78, 5) is 22.6. The van der Waals surface area contributed by atoms with Gasteiger partial charge >= 0.3 is 0 Å². The molecule has 37 heavy (non-hydrogen) atoms. The van der Waals surface area contributed by atoms with Crippen molar-refractivity contribution in [3.63, 3.8) is 0 Å². The number of halogens is 1. The molecule has 0 fully saturated rings. The van der Waals surface area contributed by atoms with Crippen LogP contribution in [0.15, 0.2) is 41.3 Å². The summed E-state index contributed by atoms with van der Waals surface area (Å²) in [6.45, 7) is 10.4. The number of fused-ring (bicyclic) bond motifs is 1. The Bertz CT molecular complexity index is 1250. The van der Waals surface area contributed by atoms with Gasteiger partial charge in [0.1, 0.15) is 21.7 Å². The lowest BCUT2D eigenvalue weighted by molar-refractivity contribution is -0.118. The number of nitrogens with zero attached hydrogens (tertiary/aromatic N) is 3. The Balaban J connectivity index is 0.00000481. The highest BCUT2D eigenvalue weighted by Crippen LogP contribution is 2.40. The second kappa shape index (κ2) is 13.4. The average Bonchev–Trinajstić information content (AvgIpc) is 3.31. The summed E-state index contributed by atoms with van der Waals surface area (Å²) < 4.78 is 36.7. The first-order valence-corrected chi connectivity index (χ1v) is 14.4. The smallest absolute Gasteiger partial charge is 0.233 e. The number of ether oxygens (including phenoxy) is 2. The van der Waals surface area contributed by atoms with Gasteiger partial charge < -0.3 is 14.4 Å². The monoisotopic (exact) mass is 569 g/mol. The van der Waals surface area contributed by atoms with E-state index in [1.165, 1.54) is 11.3 Å². The number of anilines is 1. The van der Waals surface area contributed by atoms with Crippen molar-refractivity contribution in [1.82, 2.24) is 9.88 Å². The minimum atomic E-state index is -3.37. The third-order valence-corrected chi connectivity index (χ3v) is 9.46. The topological polar surface area (TPSA) is 89.0 Å². The number of benzene rings is 2. The van der Waals surface area contributed by atoms with Crippen LogP contribution in [0.25, 0.3) is 10.2 Å². The standard InChI is InChI=1S/C26H35N3O5S2.ClH/c1-7-28(8-2)15-16-29(26-27-24-21(33-5)13-14-22(34-6)25(24)35-26)23(30)17-19-9-11-20(12-10-19)36(31,32)18(3)4;/h9-14,18H,7-8,15-17H2,1-6H3;1H. The minimum Gasteiger partial charge on any atom is -0.495 e. The summed E-state index contributed by atoms with van der Waals surface area (Å²) in [5.41, 5.74) is 1.40. The molecule has 0 radical (unpaired) electrons. The maximum atomic E-state index is 13.6. The molecule has 1 amide bonds. The molecule has 11 heteroatoms. The molecular weight excluding hydrogens is 534 g/mol. The van der Waals surface area contributed by atoms with E-state index in [1.54, 1.807) is 63.3 Å². The SMILES string of the molecule is CCN(CC)CCN(C(=O)Cc1ccc(S(=O)(=O)C(C)C)cc1)c1nc2c(OC)ccc(OC)c2s1.Cl. The third-order valence-electron chi connectivity index (χ3n) is 6.19. The molecule has 1 heterocycles. The molecule has 3 rings (SSSR count). The van der Waals surface area contributed by atoms with E-state index in [-0.39, 0.29) is 29.6 Å². The van der Waals surface area contributed by atoms with Gasteiger partial charge in [0.15, 0.2) is 15.0 Å². The molecule has 0 spiro atoms. The molecule has 0 saturated carbocycles. The van der Waals surface area contributed by atoms with Gasteiger partial charge in [0.2, 0.25) is 5.91 Å². The largest absolute Gasteiger partial charge is 0.495 e. The van der Waals surface area contributed by atoms with Crippen molar-refractivity contribution in [1.29, 1.82) is 0 Å². The highest BCUT2D eigenvalue weighted by molar-refractivity contribution is 7.92. The maximum absolute atomic E-state index is 13.6. The van der Waals surface area contributed by atoms with Crippen molar-refractivity contribution < 1.29 is 22.7 Å². The zero-order valence-electron chi connectivity index (χ0n) is 22.2. The average molecular weight is 570 g/mol. The number of methoxy groups -OCH3 is 2. The van der Waals surface area contributed by atoms with Crippen LogP contribution in [-0.2, 0) is 21.1 Å². The van der Waals surface area contributed by atoms with Crippen LogP contribution in [0.4, 0.5) is 5.13 Å². The van der Waals surface area contributed by atoms with Gasteiger partial charge in [-0.25, -0.2) is 13.4 Å². The lowest BCUT2D eigenvalue weighted by Crippen LogP contribution is -2.39. The summed E-state index contributed by atoms with van der Waals surface area (Å²) >= 11 is 1.39. The molecule has 1 aromatic heterocycles. The number of carbonyl (C=O) groups is 1. The van der Waals surface area contributed by atoms with Gasteiger partial charge in [-0.1, -0.05) is 37.3 Å². The van der Waals surface area contributed by atoms with Crippen LogP contribution in [0.5, 0.6) is 11.5 Å². The number of carbonyl (C=O) groups excluding carboxylic acids is 1. The number of rotatable bonds is 12. The van der Waals surface area contributed by atoms with Crippen molar-refractivity contribution in [2.24, 2.45) is 0 Å². The quantitative estimate of drug-likeness (QED) is 0.308. The highest BCUT2D eigenvalue weighted by atomic mass is 35.5. The molecule has 0 aliphatic carbocycles. The number of amides is 1. The van der Waals surface area contributed by atoms with Crippen LogP contribution in [0.1, 0.15) is 33.3 Å². The highest BCUT2D eigenvalue weighted by Gasteiger charge is 2.24. The normalized spacial score (nSPS) is 11.6. The third kappa shape index (κ3) is 6.93. The molecule has 204 valence electrons. The Kier molecular flexibility index (Phi) is 11.2. The Labute approximate surface area is 229 Å². The van der Waals surface area contributed by atoms with Gasteiger partial charge in [0, 0.05) is 13.1 Å². The molecule has 3 aromatic rings. The van der Waals surface area contributed by atoms with Crippen molar-refractivity contribution in [3.05, 3.63) is 42.0 Å². The van der Waals surface area contributed by atoms with E-state index in [0.29, 0.717) is 35.2 Å². The summed E-state index contributed by atoms with van der Waals surface area (Å²) in [5, 5.41) is 0.0672. The van der Waals surface area contributed by atoms with Gasteiger partial charge in [-0.2, -0.15) is 0 Å². The van der Waals surface area contributed by atoms with Crippen molar-refractivity contribution in [2.75, 3.05) is 45.3 Å². The number of likely N-dealkylation sites (N-methyl/N-ethyl adjacent to an activating group) is 1. The van der Waals surface area contributed by atoms with Crippen LogP contribution in [0.3, 0.4) is 0 Å². The van der Waals surface area contributed by atoms with Gasteiger partial charge in [0.05, 0.1) is 30.8 Å². The van der Waals surface area contributed by atoms with Crippen LogP contribution < -0.4 is 14.4 Å². The Hall–Kier alpha value is -2.40. The molecule has 8 nitrogen and oxygen atoms in total. The second-order valence-electron chi connectivity index (χ2n) is 8.63. The predicted octanol–water partition coefficient (Wildman–Crippen LogP) is 4.83. The van der Waals surface area contributed by atoms with E-state index in [2.05, 4.69) is 18.7 Å². The number of hydrogen-bond acceptors (Lipinski definition) is 8. The van der Waals surface area contributed by atoms with Crippen LogP contribution in [0.2, 0.25) is 0 Å². The molecular formula is C26H36ClN3O5S2. The number of hydrogen-bond donors (Lipinski definition) is 0. The van der Waals surface area contributed by atoms with E-state index >= 15 is 0 Å². The van der Waals surface area contributed by atoms with E-state index in [1.807, 2.05) is 6.07 Å². The van der Waals surface area contributed by atoms with Crippen LogP contribution in [-0.4, -0.2) is 69.9 Å². The molecule has 2 aromatic carbocycles. The molecule has 0 N–H and O–H groups in total. The zero-order valence-corrected chi connectivity index (χ0v) is 24.6. The molecule has 0 aliphatic rings. The summed E-state index contributed by atoms with van der Waals surface area (Å²) in [5.74, 6) is 1.18. The van der Waals surface area contributed by atoms with Crippen LogP contribution in [0, 0.1) is 0 Å². The lowest BCUT2D eigenvalue weighted by Gasteiger charge is -2.24. The molecule has 0 saturated heterocycles. The Morgan fingerprint density at radius 3 is 2.11 bits per heavy atom. The van der Waals surface area contributed by atoms with Crippen LogP contribution >= 0.6 is 23.7 Å². The fourth-order valence-corrected chi connectivity index (χ4v) is 6.01. The summed E-state index contributed by atoms with van der Waals surface area (Å²) in [7, 11) is -0.172. The van der Waals surface area contributed by atoms with E-state index in [0.717, 1.165) is 23.4 Å². The molecule has 0 aliphatic heterocycles. The first-order chi connectivity index (χ1) is 17.2. The fourth-order valence-electron chi connectivity index (χ4n) is 3.84. The second-order valence-corrected chi connectivity index (χ2v) is 12.1. The molecule has 0 unspecified atom stereocenters. The van der Waals surface area contributed by atoms with Crippen molar-refractivity contribution in [2.45, 2.75) is 44.3 Å². The fraction of sp³-hybridized carbons (Fsp3) is 0.462. The Morgan fingerprint density at radius 1 is 0.973 bits per heavy atom. The zero-order chi connectivity index (χ0) is 26.5.